The lowest BCUT2D eigenvalue weighted by molar-refractivity contribution is 1.08. The molecular formula is C27H30ClN3. The van der Waals surface area contributed by atoms with E-state index in [9.17, 15) is 0 Å². The molecule has 0 spiro atoms. The molecule has 0 aliphatic rings. The van der Waals surface area contributed by atoms with E-state index in [2.05, 4.69) is 38.1 Å². The van der Waals surface area contributed by atoms with Crippen LogP contribution in [0.4, 0.5) is 11.4 Å². The van der Waals surface area contributed by atoms with Gasteiger partial charge in [-0.25, -0.2) is 9.98 Å². The van der Waals surface area contributed by atoms with Crippen LogP contribution in [0.2, 0.25) is 5.02 Å². The topological polar surface area (TPSA) is 37.6 Å². The fourth-order valence-electron chi connectivity index (χ4n) is 3.70. The molecule has 31 heavy (non-hydrogen) atoms. The van der Waals surface area contributed by atoms with Crippen LogP contribution in [0.1, 0.15) is 61.3 Å². The molecule has 0 amide bonds. The van der Waals surface area contributed by atoms with Crippen molar-refractivity contribution in [3.8, 4) is 0 Å². The van der Waals surface area contributed by atoms with E-state index in [1.54, 1.807) is 0 Å². The van der Waals surface area contributed by atoms with Crippen LogP contribution in [-0.4, -0.2) is 16.4 Å². The summed E-state index contributed by atoms with van der Waals surface area (Å²) in [5.41, 5.74) is 9.98. The molecule has 0 N–H and O–H groups in total. The number of rotatable bonds is 6. The summed E-state index contributed by atoms with van der Waals surface area (Å²) >= 11 is 6.45. The number of benzene rings is 2. The lowest BCUT2D eigenvalue weighted by Gasteiger charge is -2.11. The van der Waals surface area contributed by atoms with E-state index in [0.717, 1.165) is 58.2 Å². The maximum atomic E-state index is 6.45. The van der Waals surface area contributed by atoms with Crippen LogP contribution in [0, 0.1) is 13.8 Å². The van der Waals surface area contributed by atoms with Gasteiger partial charge < -0.3 is 0 Å². The Kier molecular flexibility index (Phi) is 7.40. The Balaban J connectivity index is 2.00. The molecule has 0 bridgehead atoms. The van der Waals surface area contributed by atoms with Crippen molar-refractivity contribution in [2.45, 2.75) is 54.4 Å². The van der Waals surface area contributed by atoms with Gasteiger partial charge in [-0.3, -0.25) is 4.99 Å². The highest BCUT2D eigenvalue weighted by Crippen LogP contribution is 2.31. The Bertz CT molecular complexity index is 1110. The standard InChI is InChI=1S/C27H30ClN3/c1-7-21-11-9-12-22(8-2)27(21)30-20(6)25-14-10-13-24(31-25)19(5)29-26-18(4)15-17(3)16-23(26)28/h9-16H,7-8H2,1-6H3/b29-19+,30-20+. The average Bonchev–Trinajstić information content (AvgIpc) is 2.76. The van der Waals surface area contributed by atoms with Crippen LogP contribution in [0.5, 0.6) is 0 Å². The van der Waals surface area contributed by atoms with Crippen molar-refractivity contribution < 1.29 is 0 Å². The number of hydrogen-bond acceptors (Lipinski definition) is 3. The number of pyridine rings is 1. The molecule has 1 aromatic heterocycles. The van der Waals surface area contributed by atoms with Crippen molar-refractivity contribution in [1.29, 1.82) is 0 Å². The summed E-state index contributed by atoms with van der Waals surface area (Å²) < 4.78 is 0. The molecule has 0 atom stereocenters. The second-order valence-corrected chi connectivity index (χ2v) is 8.25. The van der Waals surface area contributed by atoms with E-state index >= 15 is 0 Å². The summed E-state index contributed by atoms with van der Waals surface area (Å²) in [7, 11) is 0. The van der Waals surface area contributed by atoms with Gasteiger partial charge in [-0.1, -0.05) is 55.8 Å². The minimum Gasteiger partial charge on any atom is -0.251 e. The summed E-state index contributed by atoms with van der Waals surface area (Å²) in [4.78, 5) is 14.6. The second-order valence-electron chi connectivity index (χ2n) is 7.85. The smallest absolute Gasteiger partial charge is 0.0849 e. The van der Waals surface area contributed by atoms with Crippen molar-refractivity contribution in [3.05, 3.63) is 87.2 Å². The molecule has 0 fully saturated rings. The van der Waals surface area contributed by atoms with E-state index in [-0.39, 0.29) is 0 Å². The Morgan fingerprint density at radius 3 is 1.84 bits per heavy atom. The van der Waals surface area contributed by atoms with Crippen LogP contribution in [0.25, 0.3) is 0 Å². The highest BCUT2D eigenvalue weighted by Gasteiger charge is 2.10. The highest BCUT2D eigenvalue weighted by atomic mass is 35.5. The number of aromatic nitrogens is 1. The third kappa shape index (κ3) is 5.29. The number of para-hydroxylation sites is 1. The van der Waals surface area contributed by atoms with Gasteiger partial charge in [0.15, 0.2) is 0 Å². The Morgan fingerprint density at radius 2 is 1.32 bits per heavy atom. The molecule has 3 rings (SSSR count). The summed E-state index contributed by atoms with van der Waals surface area (Å²) in [6.45, 7) is 12.4. The van der Waals surface area contributed by atoms with Crippen LogP contribution in [0.15, 0.2) is 58.5 Å². The highest BCUT2D eigenvalue weighted by molar-refractivity contribution is 6.33. The van der Waals surface area contributed by atoms with Gasteiger partial charge in [-0.05, 0) is 81.0 Å². The molecular weight excluding hydrogens is 402 g/mol. The minimum absolute atomic E-state index is 0.661. The van der Waals surface area contributed by atoms with Gasteiger partial charge in [0.05, 0.1) is 39.2 Å². The van der Waals surface area contributed by atoms with Gasteiger partial charge in [0.1, 0.15) is 0 Å². The van der Waals surface area contributed by atoms with Crippen molar-refractivity contribution in [1.82, 2.24) is 4.98 Å². The first-order valence-electron chi connectivity index (χ1n) is 10.8. The molecule has 3 aromatic rings. The molecule has 1 heterocycles. The number of halogens is 1. The molecule has 160 valence electrons. The van der Waals surface area contributed by atoms with Crippen LogP contribution < -0.4 is 0 Å². The first-order chi connectivity index (χ1) is 14.8. The molecule has 0 saturated heterocycles. The fourth-order valence-corrected chi connectivity index (χ4v) is 4.06. The average molecular weight is 432 g/mol. The minimum atomic E-state index is 0.661. The number of nitrogens with zero attached hydrogens (tertiary/aromatic N) is 3. The molecule has 0 aliphatic heterocycles. The normalized spacial score (nSPS) is 12.4. The molecule has 3 nitrogen and oxygen atoms in total. The molecule has 0 aliphatic carbocycles. The van der Waals surface area contributed by atoms with Crippen LogP contribution in [-0.2, 0) is 12.8 Å². The molecule has 0 saturated carbocycles. The third-order valence-electron chi connectivity index (χ3n) is 5.41. The summed E-state index contributed by atoms with van der Waals surface area (Å²) in [6, 6.07) is 16.4. The predicted molar refractivity (Wildman–Crippen MR) is 134 cm³/mol. The maximum absolute atomic E-state index is 6.45. The molecule has 0 radical (unpaired) electrons. The Labute approximate surface area is 191 Å². The van der Waals surface area contributed by atoms with Crippen molar-refractivity contribution in [3.63, 3.8) is 0 Å². The van der Waals surface area contributed by atoms with Crippen LogP contribution in [0.3, 0.4) is 0 Å². The zero-order valence-corrected chi connectivity index (χ0v) is 20.0. The molecule has 2 aromatic carbocycles. The van der Waals surface area contributed by atoms with E-state index in [0.29, 0.717) is 5.02 Å². The molecule has 0 unspecified atom stereocenters. The predicted octanol–water partition coefficient (Wildman–Crippen LogP) is 7.76. The maximum Gasteiger partial charge on any atom is 0.0849 e. The van der Waals surface area contributed by atoms with Crippen molar-refractivity contribution >= 4 is 34.4 Å². The first kappa shape index (κ1) is 22.9. The van der Waals surface area contributed by atoms with Gasteiger partial charge >= 0.3 is 0 Å². The number of aryl methyl sites for hydroxylation is 4. The van der Waals surface area contributed by atoms with Gasteiger partial charge in [-0.2, -0.15) is 0 Å². The van der Waals surface area contributed by atoms with E-state index in [4.69, 9.17) is 26.6 Å². The fraction of sp³-hybridized carbons (Fsp3) is 0.296. The second kappa shape index (κ2) is 10.0. The number of aliphatic imine (C=N–C) groups is 2. The Morgan fingerprint density at radius 1 is 0.806 bits per heavy atom. The summed E-state index contributed by atoms with van der Waals surface area (Å²) in [5.74, 6) is 0. The van der Waals surface area contributed by atoms with E-state index < -0.39 is 0 Å². The van der Waals surface area contributed by atoms with E-state index in [1.807, 2.05) is 52.0 Å². The third-order valence-corrected chi connectivity index (χ3v) is 5.70. The Hall–Kier alpha value is -2.78. The van der Waals surface area contributed by atoms with Crippen LogP contribution >= 0.6 is 11.6 Å². The lowest BCUT2D eigenvalue weighted by Crippen LogP contribution is -2.05. The van der Waals surface area contributed by atoms with Gasteiger partial charge in [0.25, 0.3) is 0 Å². The van der Waals surface area contributed by atoms with Crippen molar-refractivity contribution in [2.75, 3.05) is 0 Å². The quantitative estimate of drug-likeness (QED) is 0.367. The van der Waals surface area contributed by atoms with Gasteiger partial charge in [0.2, 0.25) is 0 Å². The van der Waals surface area contributed by atoms with Gasteiger partial charge in [0, 0.05) is 0 Å². The summed E-state index contributed by atoms with van der Waals surface area (Å²) in [6.07, 6.45) is 1.91. The zero-order chi connectivity index (χ0) is 22.5. The zero-order valence-electron chi connectivity index (χ0n) is 19.3. The largest absolute Gasteiger partial charge is 0.251 e. The van der Waals surface area contributed by atoms with Crippen molar-refractivity contribution in [2.24, 2.45) is 9.98 Å². The monoisotopic (exact) mass is 431 g/mol. The lowest BCUT2D eigenvalue weighted by atomic mass is 10.0. The summed E-state index contributed by atoms with van der Waals surface area (Å²) in [5, 5.41) is 0.661. The van der Waals surface area contributed by atoms with Gasteiger partial charge in [-0.15, -0.1) is 0 Å². The number of hydrogen-bond donors (Lipinski definition) is 0. The van der Waals surface area contributed by atoms with E-state index in [1.165, 1.54) is 11.1 Å². The first-order valence-corrected chi connectivity index (χ1v) is 11.2. The SMILES string of the molecule is CCc1cccc(CC)c1/N=C(\C)c1cccc(/C(C)=N/c2c(C)cc(C)cc2Cl)n1. The molecule has 4 heteroatoms.